The number of hydrogen-bond acceptors (Lipinski definition) is 4. The van der Waals surface area contributed by atoms with Gasteiger partial charge in [0.1, 0.15) is 10.0 Å². The lowest BCUT2D eigenvalue weighted by Gasteiger charge is -2.09. The number of ether oxygens (including phenoxy) is 1. The van der Waals surface area contributed by atoms with Crippen molar-refractivity contribution in [2.45, 2.75) is 18.4 Å². The Kier molecular flexibility index (Phi) is 6.15. The van der Waals surface area contributed by atoms with Gasteiger partial charge in [0.2, 0.25) is 5.90 Å². The van der Waals surface area contributed by atoms with E-state index in [1.165, 1.54) is 4.57 Å². The zero-order valence-electron chi connectivity index (χ0n) is 11.9. The Bertz CT molecular complexity index is 816. The van der Waals surface area contributed by atoms with Crippen LogP contribution in [-0.4, -0.2) is 31.7 Å². The van der Waals surface area contributed by atoms with E-state index in [1.807, 2.05) is 0 Å². The molecule has 0 unspecified atom stereocenters. The van der Waals surface area contributed by atoms with Crippen LogP contribution in [0, 0.1) is 5.41 Å². The second-order valence-corrected chi connectivity index (χ2v) is 7.24. The maximum absolute atomic E-state index is 12.0. The number of fused-ring (bicyclic) bond motifs is 1. The van der Waals surface area contributed by atoms with Gasteiger partial charge in [0.25, 0.3) is 0 Å². The molecule has 0 atom stereocenters. The molecule has 0 aliphatic rings. The van der Waals surface area contributed by atoms with E-state index < -0.39 is 9.84 Å². The van der Waals surface area contributed by atoms with Crippen molar-refractivity contribution in [1.29, 1.82) is 5.41 Å². The van der Waals surface area contributed by atoms with E-state index >= 15 is 0 Å². The van der Waals surface area contributed by atoms with Crippen LogP contribution in [0.4, 0.5) is 0 Å². The standard InChI is InChI=1S/C13H14Cl2N2O3S.ClH/c1-3-20-11(16)7-17-10-5-4-8(14)6-9(10)12(13(17)15)21(2,18)19;/h4-6,16H,3,7H2,1-2H3;1H. The summed E-state index contributed by atoms with van der Waals surface area (Å²) in [5, 5.41) is 8.64. The molecule has 0 saturated heterocycles. The molecule has 9 heteroatoms. The Hall–Kier alpha value is -0.950. The lowest BCUT2D eigenvalue weighted by Crippen LogP contribution is -2.13. The van der Waals surface area contributed by atoms with E-state index in [0.717, 1.165) is 6.26 Å². The summed E-state index contributed by atoms with van der Waals surface area (Å²) in [7, 11) is -3.53. The van der Waals surface area contributed by atoms with Crippen molar-refractivity contribution in [2.75, 3.05) is 12.9 Å². The summed E-state index contributed by atoms with van der Waals surface area (Å²) in [5.74, 6) is 0.00583. The number of sulfone groups is 1. The minimum Gasteiger partial charge on any atom is -0.480 e. The van der Waals surface area contributed by atoms with Gasteiger partial charge in [-0.25, -0.2) is 8.42 Å². The normalized spacial score (nSPS) is 11.3. The molecule has 1 N–H and O–H groups in total. The number of aromatic nitrogens is 1. The first-order valence-electron chi connectivity index (χ1n) is 6.13. The molecule has 5 nitrogen and oxygen atoms in total. The first kappa shape index (κ1) is 19.1. The van der Waals surface area contributed by atoms with Crippen molar-refractivity contribution in [2.24, 2.45) is 0 Å². The van der Waals surface area contributed by atoms with E-state index in [2.05, 4.69) is 0 Å². The minimum atomic E-state index is -3.53. The maximum atomic E-state index is 12.0. The first-order valence-corrected chi connectivity index (χ1v) is 8.78. The highest BCUT2D eigenvalue weighted by Gasteiger charge is 2.24. The molecule has 0 bridgehead atoms. The van der Waals surface area contributed by atoms with Gasteiger partial charge in [0.15, 0.2) is 9.84 Å². The van der Waals surface area contributed by atoms with E-state index in [9.17, 15) is 8.42 Å². The second kappa shape index (κ2) is 7.08. The summed E-state index contributed by atoms with van der Waals surface area (Å²) < 4.78 is 30.6. The Morgan fingerprint density at radius 2 is 2.00 bits per heavy atom. The molecule has 0 spiro atoms. The third-order valence-corrected chi connectivity index (χ3v) is 4.80. The Labute approximate surface area is 145 Å². The summed E-state index contributed by atoms with van der Waals surface area (Å²) >= 11 is 12.2. The molecule has 0 radical (unpaired) electrons. The highest BCUT2D eigenvalue weighted by Crippen LogP contribution is 2.35. The molecule has 0 saturated carbocycles. The number of rotatable bonds is 4. The topological polar surface area (TPSA) is 72.2 Å². The van der Waals surface area contributed by atoms with Gasteiger partial charge in [0, 0.05) is 16.7 Å². The number of hydrogen-bond donors (Lipinski definition) is 1. The smallest absolute Gasteiger partial charge is 0.201 e. The van der Waals surface area contributed by atoms with E-state index in [0.29, 0.717) is 22.5 Å². The molecule has 0 aliphatic carbocycles. The van der Waals surface area contributed by atoms with Gasteiger partial charge >= 0.3 is 0 Å². The van der Waals surface area contributed by atoms with Gasteiger partial charge in [-0.05, 0) is 25.1 Å². The zero-order chi connectivity index (χ0) is 15.8. The van der Waals surface area contributed by atoms with Gasteiger partial charge < -0.3 is 9.30 Å². The Morgan fingerprint density at radius 1 is 1.36 bits per heavy atom. The molecule has 0 fully saturated rings. The average molecular weight is 386 g/mol. The molecule has 22 heavy (non-hydrogen) atoms. The maximum Gasteiger partial charge on any atom is 0.201 e. The monoisotopic (exact) mass is 384 g/mol. The number of benzene rings is 1. The zero-order valence-corrected chi connectivity index (χ0v) is 15.0. The van der Waals surface area contributed by atoms with E-state index in [1.54, 1.807) is 25.1 Å². The lowest BCUT2D eigenvalue weighted by molar-refractivity contribution is 0.311. The van der Waals surface area contributed by atoms with Crippen molar-refractivity contribution < 1.29 is 13.2 Å². The molecule has 2 rings (SSSR count). The fourth-order valence-corrected chi connectivity index (χ4v) is 3.96. The quantitative estimate of drug-likeness (QED) is 0.643. The van der Waals surface area contributed by atoms with Crippen molar-refractivity contribution in [3.8, 4) is 0 Å². The summed E-state index contributed by atoms with van der Waals surface area (Å²) in [6.45, 7) is 2.19. The highest BCUT2D eigenvalue weighted by atomic mass is 35.5. The van der Waals surface area contributed by atoms with E-state index in [4.69, 9.17) is 33.3 Å². The number of halogens is 3. The third kappa shape index (κ3) is 3.68. The highest BCUT2D eigenvalue weighted by molar-refractivity contribution is 7.91. The molecule has 0 amide bonds. The fourth-order valence-electron chi connectivity index (χ4n) is 2.14. The number of nitrogens with zero attached hydrogens (tertiary/aromatic N) is 1. The molecular formula is C13H15Cl3N2O3S. The van der Waals surface area contributed by atoms with Gasteiger partial charge in [-0.1, -0.05) is 23.2 Å². The van der Waals surface area contributed by atoms with Crippen LogP contribution >= 0.6 is 35.6 Å². The predicted octanol–water partition coefficient (Wildman–Crippen LogP) is 3.79. The summed E-state index contributed by atoms with van der Waals surface area (Å²) in [6, 6.07) is 4.88. The van der Waals surface area contributed by atoms with Crippen LogP contribution in [0.5, 0.6) is 0 Å². The van der Waals surface area contributed by atoms with Crippen LogP contribution in [0.15, 0.2) is 23.1 Å². The Balaban J connectivity index is 0.00000242. The van der Waals surface area contributed by atoms with Gasteiger partial charge in [0.05, 0.1) is 18.7 Å². The van der Waals surface area contributed by atoms with Crippen LogP contribution in [0.3, 0.4) is 0 Å². The summed E-state index contributed by atoms with van der Waals surface area (Å²) in [5.41, 5.74) is 0.592. The Morgan fingerprint density at radius 3 is 2.55 bits per heavy atom. The predicted molar refractivity (Wildman–Crippen MR) is 91.7 cm³/mol. The average Bonchev–Trinajstić information content (AvgIpc) is 2.61. The van der Waals surface area contributed by atoms with Crippen molar-refractivity contribution in [3.05, 3.63) is 28.4 Å². The molecule has 1 heterocycles. The fraction of sp³-hybridized carbons (Fsp3) is 0.308. The van der Waals surface area contributed by atoms with Crippen molar-refractivity contribution in [1.82, 2.24) is 4.57 Å². The molecule has 1 aromatic carbocycles. The van der Waals surface area contributed by atoms with Crippen LogP contribution in [0.1, 0.15) is 6.92 Å². The number of nitrogens with one attached hydrogen (secondary N) is 1. The third-order valence-electron chi connectivity index (χ3n) is 2.91. The largest absolute Gasteiger partial charge is 0.480 e. The van der Waals surface area contributed by atoms with Crippen molar-refractivity contribution >= 4 is 62.2 Å². The van der Waals surface area contributed by atoms with Crippen LogP contribution in [-0.2, 0) is 21.1 Å². The minimum absolute atomic E-state index is 0. The summed E-state index contributed by atoms with van der Waals surface area (Å²) in [4.78, 5) is 0.0194. The molecule has 1 aromatic heterocycles. The van der Waals surface area contributed by atoms with E-state index in [-0.39, 0.29) is 34.9 Å². The van der Waals surface area contributed by atoms with Crippen LogP contribution in [0.2, 0.25) is 10.2 Å². The summed E-state index contributed by atoms with van der Waals surface area (Å²) in [6.07, 6.45) is 1.09. The first-order chi connectivity index (χ1) is 9.75. The van der Waals surface area contributed by atoms with Crippen LogP contribution < -0.4 is 0 Å². The van der Waals surface area contributed by atoms with Gasteiger partial charge in [-0.3, -0.25) is 5.41 Å². The lowest BCUT2D eigenvalue weighted by atomic mass is 10.2. The van der Waals surface area contributed by atoms with Crippen molar-refractivity contribution in [3.63, 3.8) is 0 Å². The second-order valence-electron chi connectivity index (χ2n) is 4.50. The molecular weight excluding hydrogens is 371 g/mol. The van der Waals surface area contributed by atoms with Gasteiger partial charge in [-0.2, -0.15) is 0 Å². The van der Waals surface area contributed by atoms with Crippen LogP contribution in [0.25, 0.3) is 10.9 Å². The SMILES string of the molecule is CCOC(=N)Cn1c(Cl)c(S(C)(=O)=O)c2cc(Cl)ccc21.Cl. The molecule has 122 valence electrons. The molecule has 2 aromatic rings. The molecule has 0 aliphatic heterocycles. The van der Waals surface area contributed by atoms with Gasteiger partial charge in [-0.15, -0.1) is 12.4 Å².